The molecule has 5 rings (SSSR count). The Balaban J connectivity index is 1.45. The highest BCUT2D eigenvalue weighted by molar-refractivity contribution is 6.12. The van der Waals surface area contributed by atoms with E-state index in [9.17, 15) is 14.4 Å². The molecule has 8 nitrogen and oxygen atoms in total. The maximum absolute atomic E-state index is 13.2. The Morgan fingerprint density at radius 3 is 2.65 bits per heavy atom. The van der Waals surface area contributed by atoms with Gasteiger partial charge in [-0.25, -0.2) is 4.98 Å². The van der Waals surface area contributed by atoms with Crippen molar-refractivity contribution in [1.82, 2.24) is 10.3 Å². The van der Waals surface area contributed by atoms with Gasteiger partial charge in [0.15, 0.2) is 0 Å². The second-order valence-electron chi connectivity index (χ2n) is 7.27. The number of ether oxygens (including phenoxy) is 1. The number of hydrogen-bond acceptors (Lipinski definition) is 5. The summed E-state index contributed by atoms with van der Waals surface area (Å²) in [4.78, 5) is 45.9. The molecule has 1 aromatic heterocycles. The number of anilines is 2. The average molecular weight is 414 g/mol. The molecule has 3 heterocycles. The Bertz CT molecular complexity index is 1230. The summed E-state index contributed by atoms with van der Waals surface area (Å²) in [6, 6.07) is 16.6. The van der Waals surface area contributed by atoms with Crippen LogP contribution in [-0.4, -0.2) is 36.3 Å². The molecule has 1 N–H and O–H groups in total. The lowest BCUT2D eigenvalue weighted by Crippen LogP contribution is -2.43. The number of aromatic nitrogens is 1. The summed E-state index contributed by atoms with van der Waals surface area (Å²) in [5, 5.41) is 2.77. The van der Waals surface area contributed by atoms with Crippen molar-refractivity contribution >= 4 is 29.1 Å². The number of nitrogens with zero attached hydrogens (tertiary/aromatic N) is 3. The topological polar surface area (TPSA) is 91.8 Å². The smallest absolute Gasteiger partial charge is 0.262 e. The molecular formula is C23H18N4O4. The van der Waals surface area contributed by atoms with E-state index in [0.717, 1.165) is 11.3 Å². The lowest BCUT2D eigenvalue weighted by Gasteiger charge is -2.22. The minimum Gasteiger partial charge on any atom is -0.436 e. The molecule has 0 aliphatic carbocycles. The fourth-order valence-corrected chi connectivity index (χ4v) is 3.89. The second-order valence-corrected chi connectivity index (χ2v) is 7.27. The number of benzene rings is 2. The van der Waals surface area contributed by atoms with Crippen molar-refractivity contribution in [2.75, 3.05) is 23.4 Å². The third-order valence-corrected chi connectivity index (χ3v) is 5.40. The summed E-state index contributed by atoms with van der Waals surface area (Å²) in [5.74, 6) is -0.473. The number of carbonyl (C=O) groups excluding carboxylic acids is 3. The van der Waals surface area contributed by atoms with E-state index in [0.29, 0.717) is 17.0 Å². The fourth-order valence-electron chi connectivity index (χ4n) is 3.89. The molecule has 154 valence electrons. The van der Waals surface area contributed by atoms with Crippen molar-refractivity contribution in [3.63, 3.8) is 0 Å². The van der Waals surface area contributed by atoms with Crippen LogP contribution in [0.5, 0.6) is 11.6 Å². The standard InChI is InChI=1S/C23H18N4O4/c1-26-16-9-4-2-7-14(16)20(23(26)30)25-19(28)13-27-17-10-6-12-24-21(17)31-18-11-5-3-8-15(18)22(27)29/h2-12,20H,13H2,1H3,(H,25,28)/t20-/m0/s1. The number of pyridine rings is 1. The third-order valence-electron chi connectivity index (χ3n) is 5.40. The Kier molecular flexibility index (Phi) is 4.39. The van der Waals surface area contributed by atoms with Crippen LogP contribution in [0.1, 0.15) is 22.0 Å². The molecule has 2 aromatic carbocycles. The average Bonchev–Trinajstić information content (AvgIpc) is 2.95. The first-order valence-corrected chi connectivity index (χ1v) is 9.74. The number of likely N-dealkylation sites (N-methyl/N-ethyl adjacent to an activating group) is 1. The summed E-state index contributed by atoms with van der Waals surface area (Å²) in [6.07, 6.45) is 1.56. The van der Waals surface area contributed by atoms with Crippen LogP contribution in [0.25, 0.3) is 0 Å². The third kappa shape index (κ3) is 3.09. The van der Waals surface area contributed by atoms with E-state index in [-0.39, 0.29) is 24.2 Å². The minimum atomic E-state index is -0.798. The van der Waals surface area contributed by atoms with Crippen molar-refractivity contribution in [1.29, 1.82) is 0 Å². The first-order chi connectivity index (χ1) is 15.0. The number of nitrogens with one attached hydrogen (secondary N) is 1. The van der Waals surface area contributed by atoms with Crippen LogP contribution in [-0.2, 0) is 9.59 Å². The largest absolute Gasteiger partial charge is 0.436 e. The van der Waals surface area contributed by atoms with Gasteiger partial charge in [-0.05, 0) is 30.3 Å². The molecule has 0 radical (unpaired) electrons. The number of carbonyl (C=O) groups is 3. The van der Waals surface area contributed by atoms with E-state index in [1.54, 1.807) is 49.6 Å². The highest BCUT2D eigenvalue weighted by atomic mass is 16.5. The van der Waals surface area contributed by atoms with Gasteiger partial charge in [0, 0.05) is 24.5 Å². The van der Waals surface area contributed by atoms with Gasteiger partial charge in [-0.2, -0.15) is 0 Å². The molecule has 2 aliphatic heterocycles. The van der Waals surface area contributed by atoms with Gasteiger partial charge < -0.3 is 15.0 Å². The zero-order valence-electron chi connectivity index (χ0n) is 16.6. The Morgan fingerprint density at radius 1 is 1.03 bits per heavy atom. The van der Waals surface area contributed by atoms with Gasteiger partial charge in [0.25, 0.3) is 11.8 Å². The van der Waals surface area contributed by atoms with Crippen molar-refractivity contribution in [3.05, 3.63) is 78.0 Å². The number of hydrogen-bond donors (Lipinski definition) is 1. The quantitative estimate of drug-likeness (QED) is 0.712. The molecule has 3 aromatic rings. The predicted molar refractivity (Wildman–Crippen MR) is 113 cm³/mol. The van der Waals surface area contributed by atoms with Gasteiger partial charge in [-0.1, -0.05) is 30.3 Å². The van der Waals surface area contributed by atoms with Crippen LogP contribution in [0.2, 0.25) is 0 Å². The Hall–Kier alpha value is -4.20. The summed E-state index contributed by atoms with van der Waals surface area (Å²) < 4.78 is 5.83. The van der Waals surface area contributed by atoms with Crippen molar-refractivity contribution in [2.45, 2.75) is 6.04 Å². The summed E-state index contributed by atoms with van der Waals surface area (Å²) >= 11 is 0. The van der Waals surface area contributed by atoms with E-state index in [1.165, 1.54) is 9.80 Å². The van der Waals surface area contributed by atoms with Crippen LogP contribution in [0.3, 0.4) is 0 Å². The van der Waals surface area contributed by atoms with Crippen LogP contribution in [0.15, 0.2) is 66.9 Å². The van der Waals surface area contributed by atoms with E-state index in [4.69, 9.17) is 4.74 Å². The van der Waals surface area contributed by atoms with Crippen molar-refractivity contribution < 1.29 is 19.1 Å². The molecule has 0 fully saturated rings. The minimum absolute atomic E-state index is 0.229. The fraction of sp³-hybridized carbons (Fsp3) is 0.130. The molecule has 0 spiro atoms. The van der Waals surface area contributed by atoms with Gasteiger partial charge in [-0.3, -0.25) is 19.3 Å². The van der Waals surface area contributed by atoms with Crippen LogP contribution in [0, 0.1) is 0 Å². The highest BCUT2D eigenvalue weighted by Crippen LogP contribution is 2.37. The molecular weight excluding hydrogens is 396 g/mol. The molecule has 31 heavy (non-hydrogen) atoms. The monoisotopic (exact) mass is 414 g/mol. The lowest BCUT2D eigenvalue weighted by molar-refractivity contribution is -0.126. The normalized spacial score (nSPS) is 16.7. The second kappa shape index (κ2) is 7.24. The summed E-state index contributed by atoms with van der Waals surface area (Å²) in [6.45, 7) is -0.287. The number of rotatable bonds is 3. The molecule has 0 saturated carbocycles. The molecule has 1 atom stereocenters. The lowest BCUT2D eigenvalue weighted by atomic mass is 10.1. The maximum atomic E-state index is 13.2. The van der Waals surface area contributed by atoms with Gasteiger partial charge in [0.2, 0.25) is 11.8 Å². The Morgan fingerprint density at radius 2 is 1.77 bits per heavy atom. The molecule has 2 aliphatic rings. The Labute approximate surface area is 178 Å². The van der Waals surface area contributed by atoms with E-state index < -0.39 is 11.9 Å². The van der Waals surface area contributed by atoms with E-state index >= 15 is 0 Å². The zero-order valence-corrected chi connectivity index (χ0v) is 16.6. The number of fused-ring (bicyclic) bond motifs is 3. The predicted octanol–water partition coefficient (Wildman–Crippen LogP) is 2.67. The van der Waals surface area contributed by atoms with Crippen molar-refractivity contribution in [3.8, 4) is 11.6 Å². The van der Waals surface area contributed by atoms with E-state index in [1.807, 2.05) is 24.3 Å². The number of amides is 3. The van der Waals surface area contributed by atoms with Gasteiger partial charge >= 0.3 is 0 Å². The molecule has 0 unspecified atom stereocenters. The molecule has 0 bridgehead atoms. The highest BCUT2D eigenvalue weighted by Gasteiger charge is 2.37. The first-order valence-electron chi connectivity index (χ1n) is 9.74. The maximum Gasteiger partial charge on any atom is 0.262 e. The SMILES string of the molecule is CN1C(=O)[C@@H](NC(=O)CN2C(=O)c3ccccc3Oc3ncccc32)c2ccccc21. The molecule has 0 saturated heterocycles. The van der Waals surface area contributed by atoms with E-state index in [2.05, 4.69) is 10.3 Å². The van der Waals surface area contributed by atoms with Crippen LogP contribution >= 0.6 is 0 Å². The van der Waals surface area contributed by atoms with Crippen molar-refractivity contribution in [2.24, 2.45) is 0 Å². The molecule has 8 heteroatoms. The summed E-state index contributed by atoms with van der Waals surface area (Å²) in [5.41, 5.74) is 2.19. The zero-order chi connectivity index (χ0) is 21.5. The van der Waals surface area contributed by atoms with Gasteiger partial charge in [0.05, 0.1) is 5.56 Å². The summed E-state index contributed by atoms with van der Waals surface area (Å²) in [7, 11) is 1.67. The van der Waals surface area contributed by atoms with Crippen LogP contribution in [0.4, 0.5) is 11.4 Å². The van der Waals surface area contributed by atoms with Gasteiger partial charge in [-0.15, -0.1) is 0 Å². The van der Waals surface area contributed by atoms with Gasteiger partial charge in [0.1, 0.15) is 24.0 Å². The number of para-hydroxylation sites is 2. The molecule has 3 amide bonds. The van der Waals surface area contributed by atoms with Crippen LogP contribution < -0.4 is 19.9 Å². The first kappa shape index (κ1) is 18.8.